The number of amides is 1. The fraction of sp³-hybridized carbons (Fsp3) is 0.778. The molecular formula is C18H32N2O3. The number of hydrogen-bond acceptors (Lipinski definition) is 4. The van der Waals surface area contributed by atoms with Crippen LogP contribution in [-0.4, -0.2) is 61.5 Å². The van der Waals surface area contributed by atoms with Crippen molar-refractivity contribution in [2.45, 2.75) is 51.9 Å². The van der Waals surface area contributed by atoms with Gasteiger partial charge in [0.1, 0.15) is 0 Å². The van der Waals surface area contributed by atoms with Crippen molar-refractivity contribution < 1.29 is 14.3 Å². The molecule has 0 aromatic rings. The Bertz CT molecular complexity index is 382. The van der Waals surface area contributed by atoms with Gasteiger partial charge < -0.3 is 14.5 Å². The molecule has 5 nitrogen and oxygen atoms in total. The number of esters is 1. The maximum atomic E-state index is 12.1. The predicted octanol–water partition coefficient (Wildman–Crippen LogP) is 2.61. The number of nitrogens with zero attached hydrogens (tertiary/aromatic N) is 2. The van der Waals surface area contributed by atoms with Crippen LogP contribution in [0.1, 0.15) is 51.9 Å². The fourth-order valence-corrected chi connectivity index (χ4v) is 2.67. The molecule has 132 valence electrons. The van der Waals surface area contributed by atoms with Crippen molar-refractivity contribution in [3.05, 3.63) is 12.2 Å². The van der Waals surface area contributed by atoms with Crippen molar-refractivity contribution in [3.63, 3.8) is 0 Å². The average Bonchev–Trinajstić information content (AvgIpc) is 2.73. The third kappa shape index (κ3) is 10.1. The SMILES string of the molecule is CC(=O)OCCCCCCCC=CC(=O)N1CCCN(C)CC1. The van der Waals surface area contributed by atoms with Crippen molar-refractivity contribution in [1.82, 2.24) is 9.80 Å². The van der Waals surface area contributed by atoms with Gasteiger partial charge in [0, 0.05) is 26.6 Å². The standard InChI is InChI=1S/C18H32N2O3/c1-17(21)23-16-9-7-5-3-4-6-8-11-18(22)20-13-10-12-19(2)14-15-20/h8,11H,3-7,9-10,12-16H2,1-2H3. The summed E-state index contributed by atoms with van der Waals surface area (Å²) in [4.78, 5) is 26.9. The van der Waals surface area contributed by atoms with E-state index in [0.717, 1.165) is 71.1 Å². The van der Waals surface area contributed by atoms with Gasteiger partial charge >= 0.3 is 5.97 Å². The molecule has 5 heteroatoms. The van der Waals surface area contributed by atoms with Gasteiger partial charge in [-0.1, -0.05) is 25.3 Å². The van der Waals surface area contributed by atoms with E-state index < -0.39 is 0 Å². The van der Waals surface area contributed by atoms with Crippen molar-refractivity contribution >= 4 is 11.9 Å². The lowest BCUT2D eigenvalue weighted by molar-refractivity contribution is -0.141. The molecule has 0 spiro atoms. The van der Waals surface area contributed by atoms with E-state index in [9.17, 15) is 9.59 Å². The van der Waals surface area contributed by atoms with Gasteiger partial charge in [-0.2, -0.15) is 0 Å². The highest BCUT2D eigenvalue weighted by molar-refractivity contribution is 5.87. The summed E-state index contributed by atoms with van der Waals surface area (Å²) < 4.78 is 4.89. The zero-order valence-corrected chi connectivity index (χ0v) is 14.8. The maximum Gasteiger partial charge on any atom is 0.302 e. The number of ether oxygens (including phenoxy) is 1. The van der Waals surface area contributed by atoms with Gasteiger partial charge in [0.25, 0.3) is 0 Å². The first-order valence-corrected chi connectivity index (χ1v) is 8.87. The van der Waals surface area contributed by atoms with Crippen molar-refractivity contribution in [3.8, 4) is 0 Å². The summed E-state index contributed by atoms with van der Waals surface area (Å²) in [6.07, 6.45) is 11.2. The number of carbonyl (C=O) groups is 2. The minimum atomic E-state index is -0.198. The molecule has 0 radical (unpaired) electrons. The molecule has 1 heterocycles. The molecule has 1 aliphatic rings. The average molecular weight is 324 g/mol. The molecule has 0 bridgehead atoms. The van der Waals surface area contributed by atoms with Crippen LogP contribution in [0, 0.1) is 0 Å². The van der Waals surface area contributed by atoms with E-state index in [4.69, 9.17) is 4.74 Å². The molecule has 0 aromatic carbocycles. The molecule has 0 aromatic heterocycles. The highest BCUT2D eigenvalue weighted by atomic mass is 16.5. The third-order valence-electron chi connectivity index (χ3n) is 4.11. The Balaban J connectivity index is 2.00. The minimum absolute atomic E-state index is 0.154. The van der Waals surface area contributed by atoms with Crippen LogP contribution in [0.4, 0.5) is 0 Å². The van der Waals surface area contributed by atoms with Gasteiger partial charge in [-0.05, 0) is 45.4 Å². The Morgan fingerprint density at radius 3 is 2.52 bits per heavy atom. The van der Waals surface area contributed by atoms with Crippen molar-refractivity contribution in [2.24, 2.45) is 0 Å². The normalized spacial score (nSPS) is 16.5. The van der Waals surface area contributed by atoms with Crippen LogP contribution >= 0.6 is 0 Å². The summed E-state index contributed by atoms with van der Waals surface area (Å²) >= 11 is 0. The van der Waals surface area contributed by atoms with E-state index in [-0.39, 0.29) is 11.9 Å². The molecule has 1 amide bonds. The van der Waals surface area contributed by atoms with Gasteiger partial charge in [-0.15, -0.1) is 0 Å². The third-order valence-corrected chi connectivity index (χ3v) is 4.11. The van der Waals surface area contributed by atoms with E-state index >= 15 is 0 Å². The summed E-state index contributed by atoms with van der Waals surface area (Å²) in [7, 11) is 2.11. The van der Waals surface area contributed by atoms with Gasteiger partial charge in [0.05, 0.1) is 6.61 Å². The van der Waals surface area contributed by atoms with Gasteiger partial charge in [-0.25, -0.2) is 0 Å². The molecule has 23 heavy (non-hydrogen) atoms. The van der Waals surface area contributed by atoms with E-state index in [1.54, 1.807) is 6.08 Å². The van der Waals surface area contributed by atoms with Crippen LogP contribution in [0.2, 0.25) is 0 Å². The second-order valence-corrected chi connectivity index (χ2v) is 6.28. The van der Waals surface area contributed by atoms with Crippen LogP contribution in [0.15, 0.2) is 12.2 Å². The summed E-state index contributed by atoms with van der Waals surface area (Å²) in [5.74, 6) is -0.0439. The first-order valence-electron chi connectivity index (χ1n) is 8.87. The first-order chi connectivity index (χ1) is 11.1. The van der Waals surface area contributed by atoms with Gasteiger partial charge in [-0.3, -0.25) is 9.59 Å². The molecule has 1 fully saturated rings. The van der Waals surface area contributed by atoms with Crippen LogP contribution in [0.5, 0.6) is 0 Å². The number of carbonyl (C=O) groups excluding carboxylic acids is 2. The number of unbranched alkanes of at least 4 members (excludes halogenated alkanes) is 5. The molecular weight excluding hydrogens is 292 g/mol. The summed E-state index contributed by atoms with van der Waals surface area (Å²) in [5.41, 5.74) is 0. The highest BCUT2D eigenvalue weighted by Crippen LogP contribution is 2.07. The summed E-state index contributed by atoms with van der Waals surface area (Å²) in [6.45, 7) is 5.72. The zero-order chi connectivity index (χ0) is 16.9. The number of rotatable bonds is 9. The van der Waals surface area contributed by atoms with Crippen molar-refractivity contribution in [2.75, 3.05) is 39.8 Å². The number of likely N-dealkylation sites (N-methyl/N-ethyl adjacent to an activating group) is 1. The Morgan fingerprint density at radius 1 is 1.00 bits per heavy atom. The Morgan fingerprint density at radius 2 is 1.74 bits per heavy atom. The Hall–Kier alpha value is -1.36. The molecule has 0 saturated carbocycles. The van der Waals surface area contributed by atoms with Crippen LogP contribution in [0.3, 0.4) is 0 Å². The van der Waals surface area contributed by atoms with E-state index in [0.29, 0.717) is 6.61 Å². The second-order valence-electron chi connectivity index (χ2n) is 6.28. The molecule has 1 rings (SSSR count). The number of allylic oxidation sites excluding steroid dienone is 1. The zero-order valence-electron chi connectivity index (χ0n) is 14.8. The lowest BCUT2D eigenvalue weighted by Crippen LogP contribution is -2.33. The molecule has 0 unspecified atom stereocenters. The Labute approximate surface area is 140 Å². The quantitative estimate of drug-likeness (QED) is 0.372. The first kappa shape index (κ1) is 19.7. The second kappa shape index (κ2) is 12.1. The van der Waals surface area contributed by atoms with E-state index in [2.05, 4.69) is 11.9 Å². The van der Waals surface area contributed by atoms with Crippen molar-refractivity contribution in [1.29, 1.82) is 0 Å². The highest BCUT2D eigenvalue weighted by Gasteiger charge is 2.14. The van der Waals surface area contributed by atoms with Gasteiger partial charge in [0.15, 0.2) is 0 Å². The summed E-state index contributed by atoms with van der Waals surface area (Å²) in [5, 5.41) is 0. The molecule has 1 saturated heterocycles. The van der Waals surface area contributed by atoms with Gasteiger partial charge in [0.2, 0.25) is 5.91 Å². The molecule has 0 aliphatic carbocycles. The van der Waals surface area contributed by atoms with Crippen LogP contribution < -0.4 is 0 Å². The van der Waals surface area contributed by atoms with E-state index in [1.165, 1.54) is 6.92 Å². The lowest BCUT2D eigenvalue weighted by atomic mass is 10.1. The fourth-order valence-electron chi connectivity index (χ4n) is 2.67. The number of hydrogen-bond donors (Lipinski definition) is 0. The molecule has 0 N–H and O–H groups in total. The largest absolute Gasteiger partial charge is 0.466 e. The van der Waals surface area contributed by atoms with E-state index in [1.807, 2.05) is 11.0 Å². The summed E-state index contributed by atoms with van der Waals surface area (Å²) in [6, 6.07) is 0. The van der Waals surface area contributed by atoms with Crippen LogP contribution in [0.25, 0.3) is 0 Å². The topological polar surface area (TPSA) is 49.9 Å². The molecule has 0 atom stereocenters. The lowest BCUT2D eigenvalue weighted by Gasteiger charge is -2.18. The Kier molecular flexibility index (Phi) is 10.4. The molecule has 1 aliphatic heterocycles. The predicted molar refractivity (Wildman–Crippen MR) is 92.2 cm³/mol. The van der Waals surface area contributed by atoms with Crippen LogP contribution in [-0.2, 0) is 14.3 Å². The monoisotopic (exact) mass is 324 g/mol. The maximum absolute atomic E-state index is 12.1. The smallest absolute Gasteiger partial charge is 0.302 e. The minimum Gasteiger partial charge on any atom is -0.466 e.